The van der Waals surface area contributed by atoms with Crippen molar-refractivity contribution in [3.05, 3.63) is 35.4 Å². The Bertz CT molecular complexity index is 393. The van der Waals surface area contributed by atoms with Gasteiger partial charge in [-0.15, -0.1) is 0 Å². The van der Waals surface area contributed by atoms with Gasteiger partial charge in [-0.05, 0) is 43.2 Å². The largest absolute Gasteiger partial charge is 0.323 e. The number of hydrogen-bond donors (Lipinski definition) is 1. The first-order chi connectivity index (χ1) is 9.79. The Morgan fingerprint density at radius 1 is 0.857 bits per heavy atom. The van der Waals surface area contributed by atoms with Crippen LogP contribution in [0.3, 0.4) is 0 Å². The quantitative estimate of drug-likeness (QED) is 0.775. The van der Waals surface area contributed by atoms with Crippen LogP contribution in [0.5, 0.6) is 0 Å². The van der Waals surface area contributed by atoms with Gasteiger partial charge in [-0.1, -0.05) is 52.0 Å². The first-order valence-electron chi connectivity index (χ1n) is 8.38. The van der Waals surface area contributed by atoms with E-state index >= 15 is 0 Å². The van der Waals surface area contributed by atoms with Gasteiger partial charge < -0.3 is 5.73 Å². The molecular formula is C19H34N2. The van der Waals surface area contributed by atoms with Crippen LogP contribution in [-0.2, 0) is 6.42 Å². The van der Waals surface area contributed by atoms with Crippen LogP contribution in [0, 0.1) is 11.8 Å². The van der Waals surface area contributed by atoms with Gasteiger partial charge in [0.25, 0.3) is 0 Å². The fraction of sp³-hybridized carbons (Fsp3) is 0.684. The smallest absolute Gasteiger partial charge is 0.0424 e. The molecule has 1 aromatic carbocycles. The summed E-state index contributed by atoms with van der Waals surface area (Å²) in [6.07, 6.45) is 1.14. The molecule has 0 spiro atoms. The fourth-order valence-corrected chi connectivity index (χ4v) is 2.70. The molecule has 1 aromatic rings. The number of benzene rings is 1. The monoisotopic (exact) mass is 290 g/mol. The minimum absolute atomic E-state index is 0.0965. The normalized spacial score (nSPS) is 13.7. The maximum Gasteiger partial charge on any atom is 0.0424 e. The summed E-state index contributed by atoms with van der Waals surface area (Å²) in [5.41, 5.74) is 9.07. The van der Waals surface area contributed by atoms with E-state index in [2.05, 4.69) is 70.7 Å². The van der Waals surface area contributed by atoms with Crippen LogP contribution in [0.25, 0.3) is 0 Å². The van der Waals surface area contributed by atoms with Crippen molar-refractivity contribution in [2.75, 3.05) is 13.1 Å². The molecule has 0 bridgehead atoms. The lowest BCUT2D eigenvalue weighted by Gasteiger charge is -2.31. The van der Waals surface area contributed by atoms with E-state index in [1.165, 1.54) is 11.1 Å². The van der Waals surface area contributed by atoms with Gasteiger partial charge in [0.05, 0.1) is 0 Å². The van der Waals surface area contributed by atoms with E-state index in [9.17, 15) is 0 Å². The molecule has 1 atom stereocenters. The molecule has 0 aromatic heterocycles. The molecular weight excluding hydrogens is 256 g/mol. The van der Waals surface area contributed by atoms with Gasteiger partial charge in [0, 0.05) is 25.2 Å². The molecule has 2 heteroatoms. The van der Waals surface area contributed by atoms with E-state index in [4.69, 9.17) is 5.73 Å². The summed E-state index contributed by atoms with van der Waals surface area (Å²) in [7, 11) is 0. The molecule has 1 unspecified atom stereocenters. The van der Waals surface area contributed by atoms with E-state index in [-0.39, 0.29) is 6.04 Å². The third-order valence-corrected chi connectivity index (χ3v) is 3.81. The van der Waals surface area contributed by atoms with Gasteiger partial charge in [-0.3, -0.25) is 4.90 Å². The molecule has 0 aliphatic heterocycles. The average Bonchev–Trinajstić information content (AvgIpc) is 2.37. The summed E-state index contributed by atoms with van der Waals surface area (Å²) < 4.78 is 0. The first kappa shape index (κ1) is 18.2. The number of nitrogens with two attached hydrogens (primary N) is 1. The second kappa shape index (κ2) is 8.55. The highest BCUT2D eigenvalue weighted by atomic mass is 15.2. The second-order valence-electron chi connectivity index (χ2n) is 7.39. The lowest BCUT2D eigenvalue weighted by atomic mass is 9.99. The van der Waals surface area contributed by atoms with E-state index in [1.54, 1.807) is 0 Å². The summed E-state index contributed by atoms with van der Waals surface area (Å²) in [6.45, 7) is 15.6. The Hall–Kier alpha value is -0.860. The number of nitrogens with zero attached hydrogens (tertiary/aromatic N) is 1. The second-order valence-corrected chi connectivity index (χ2v) is 7.39. The summed E-state index contributed by atoms with van der Waals surface area (Å²) in [6, 6.07) is 9.51. The SMILES string of the molecule is CC(C)Cc1ccc(C(N)CN(CC(C)C)C(C)C)cc1. The molecule has 0 heterocycles. The van der Waals surface area contributed by atoms with Crippen LogP contribution in [0.1, 0.15) is 58.7 Å². The van der Waals surface area contributed by atoms with E-state index in [0.717, 1.165) is 19.5 Å². The van der Waals surface area contributed by atoms with Gasteiger partial charge >= 0.3 is 0 Å². The van der Waals surface area contributed by atoms with Crippen molar-refractivity contribution in [3.8, 4) is 0 Å². The van der Waals surface area contributed by atoms with Crippen LogP contribution >= 0.6 is 0 Å². The fourth-order valence-electron chi connectivity index (χ4n) is 2.70. The van der Waals surface area contributed by atoms with E-state index < -0.39 is 0 Å². The van der Waals surface area contributed by atoms with Crippen molar-refractivity contribution < 1.29 is 0 Å². The maximum atomic E-state index is 6.42. The Morgan fingerprint density at radius 3 is 1.86 bits per heavy atom. The van der Waals surface area contributed by atoms with Crippen molar-refractivity contribution in [1.29, 1.82) is 0 Å². The van der Waals surface area contributed by atoms with Crippen LogP contribution in [-0.4, -0.2) is 24.0 Å². The van der Waals surface area contributed by atoms with E-state index in [0.29, 0.717) is 17.9 Å². The van der Waals surface area contributed by atoms with Crippen molar-refractivity contribution >= 4 is 0 Å². The van der Waals surface area contributed by atoms with E-state index in [1.807, 2.05) is 0 Å². The number of hydrogen-bond acceptors (Lipinski definition) is 2. The Kier molecular flexibility index (Phi) is 7.41. The molecule has 0 amide bonds. The predicted molar refractivity (Wildman–Crippen MR) is 93.5 cm³/mol. The zero-order chi connectivity index (χ0) is 16.0. The Labute approximate surface area is 131 Å². The van der Waals surface area contributed by atoms with Crippen molar-refractivity contribution in [1.82, 2.24) is 4.90 Å². The summed E-state index contributed by atoms with van der Waals surface area (Å²) in [4.78, 5) is 2.48. The van der Waals surface area contributed by atoms with Crippen molar-refractivity contribution in [2.24, 2.45) is 17.6 Å². The van der Waals surface area contributed by atoms with Crippen molar-refractivity contribution in [2.45, 2.75) is 60.0 Å². The molecule has 2 N–H and O–H groups in total. The molecule has 0 aliphatic carbocycles. The lowest BCUT2D eigenvalue weighted by molar-refractivity contribution is 0.186. The predicted octanol–water partition coefficient (Wildman–Crippen LogP) is 4.25. The Balaban J connectivity index is 2.66. The highest BCUT2D eigenvalue weighted by Crippen LogP contribution is 2.17. The maximum absolute atomic E-state index is 6.42. The molecule has 0 fully saturated rings. The average molecular weight is 290 g/mol. The van der Waals surface area contributed by atoms with Gasteiger partial charge in [-0.2, -0.15) is 0 Å². The zero-order valence-corrected chi connectivity index (χ0v) is 14.8. The molecule has 0 radical (unpaired) electrons. The molecule has 120 valence electrons. The molecule has 1 rings (SSSR count). The molecule has 0 saturated heterocycles. The van der Waals surface area contributed by atoms with Crippen LogP contribution < -0.4 is 5.73 Å². The van der Waals surface area contributed by atoms with Gasteiger partial charge in [-0.25, -0.2) is 0 Å². The minimum atomic E-state index is 0.0965. The molecule has 0 aliphatic rings. The van der Waals surface area contributed by atoms with Gasteiger partial charge in [0.1, 0.15) is 0 Å². The standard InChI is InChI=1S/C19H34N2/c1-14(2)11-17-7-9-18(10-8-17)19(20)13-21(16(5)6)12-15(3)4/h7-10,14-16,19H,11-13,20H2,1-6H3. The van der Waals surface area contributed by atoms with Gasteiger partial charge in [0.15, 0.2) is 0 Å². The van der Waals surface area contributed by atoms with Crippen LogP contribution in [0.2, 0.25) is 0 Å². The third kappa shape index (κ3) is 6.62. The third-order valence-electron chi connectivity index (χ3n) is 3.81. The van der Waals surface area contributed by atoms with Gasteiger partial charge in [0.2, 0.25) is 0 Å². The van der Waals surface area contributed by atoms with Crippen LogP contribution in [0.15, 0.2) is 24.3 Å². The molecule has 2 nitrogen and oxygen atoms in total. The lowest BCUT2D eigenvalue weighted by Crippen LogP contribution is -2.39. The number of rotatable bonds is 8. The summed E-state index contributed by atoms with van der Waals surface area (Å²) in [5.74, 6) is 1.38. The Morgan fingerprint density at radius 2 is 1.43 bits per heavy atom. The van der Waals surface area contributed by atoms with Crippen LogP contribution in [0.4, 0.5) is 0 Å². The summed E-state index contributed by atoms with van der Waals surface area (Å²) >= 11 is 0. The topological polar surface area (TPSA) is 29.3 Å². The minimum Gasteiger partial charge on any atom is -0.323 e. The van der Waals surface area contributed by atoms with Crippen molar-refractivity contribution in [3.63, 3.8) is 0 Å². The molecule has 0 saturated carbocycles. The highest BCUT2D eigenvalue weighted by Gasteiger charge is 2.16. The first-order valence-corrected chi connectivity index (χ1v) is 8.38. The molecule has 21 heavy (non-hydrogen) atoms. The zero-order valence-electron chi connectivity index (χ0n) is 14.8. The highest BCUT2D eigenvalue weighted by molar-refractivity contribution is 5.25. The summed E-state index contributed by atoms with van der Waals surface area (Å²) in [5, 5.41) is 0.